The average Bonchev–Trinajstić information content (AvgIpc) is 2.95. The Morgan fingerprint density at radius 1 is 1.41 bits per heavy atom. The molecule has 2 fully saturated rings. The highest BCUT2D eigenvalue weighted by Gasteiger charge is 2.41. The van der Waals surface area contributed by atoms with Gasteiger partial charge in [0.25, 0.3) is 0 Å². The minimum Gasteiger partial charge on any atom is -0.327 e. The lowest BCUT2D eigenvalue weighted by Gasteiger charge is -2.18. The molecule has 22 heavy (non-hydrogen) atoms. The highest BCUT2D eigenvalue weighted by atomic mass is 79.9. The highest BCUT2D eigenvalue weighted by molar-refractivity contribution is 9.10. The van der Waals surface area contributed by atoms with Crippen LogP contribution in [0.1, 0.15) is 12.8 Å². The zero-order valence-corrected chi connectivity index (χ0v) is 15.3. The molecule has 4 nitrogen and oxygen atoms in total. The van der Waals surface area contributed by atoms with Crippen LogP contribution < -0.4 is 11.1 Å². The van der Waals surface area contributed by atoms with E-state index in [0.717, 1.165) is 24.0 Å². The number of likely N-dealkylation sites (tertiary alicyclic amines) is 1. The second-order valence-corrected chi connectivity index (χ2v) is 7.35. The van der Waals surface area contributed by atoms with Crippen molar-refractivity contribution in [3.63, 3.8) is 0 Å². The Kier molecular flexibility index (Phi) is 6.14. The van der Waals surface area contributed by atoms with E-state index in [1.54, 1.807) is 12.1 Å². The lowest BCUT2D eigenvalue weighted by Crippen LogP contribution is -2.34. The predicted octanol–water partition coefficient (Wildman–Crippen LogP) is 3.13. The molecule has 1 saturated carbocycles. The largest absolute Gasteiger partial charge is 0.327 e. The molecule has 3 rings (SSSR count). The van der Waals surface area contributed by atoms with Gasteiger partial charge in [0.2, 0.25) is 5.91 Å². The van der Waals surface area contributed by atoms with Gasteiger partial charge in [-0.15, -0.1) is 12.4 Å². The molecule has 7 heteroatoms. The van der Waals surface area contributed by atoms with E-state index in [0.29, 0.717) is 35.1 Å². The first-order chi connectivity index (χ1) is 10.0. The molecule has 0 bridgehead atoms. The number of rotatable bonds is 3. The molecule has 3 N–H and O–H groups in total. The molecule has 0 aromatic heterocycles. The maximum atomic E-state index is 12.2. The minimum atomic E-state index is -0.0206. The number of nitrogens with two attached hydrogens (primary N) is 1. The number of amides is 1. The third-order valence-corrected chi connectivity index (χ3v) is 5.37. The van der Waals surface area contributed by atoms with Crippen LogP contribution in [-0.4, -0.2) is 36.5 Å². The summed E-state index contributed by atoms with van der Waals surface area (Å²) in [4.78, 5) is 14.4. The molecule has 1 aromatic rings. The van der Waals surface area contributed by atoms with Crippen molar-refractivity contribution in [3.8, 4) is 0 Å². The molecule has 1 heterocycles. The van der Waals surface area contributed by atoms with Crippen LogP contribution in [0.5, 0.6) is 0 Å². The van der Waals surface area contributed by atoms with Crippen molar-refractivity contribution in [3.05, 3.63) is 27.7 Å². The normalized spacial score (nSPS) is 27.3. The number of hydrogen-bond donors (Lipinski definition) is 2. The molecule has 1 aromatic carbocycles. The number of nitrogens with zero attached hydrogens (tertiary/aromatic N) is 1. The van der Waals surface area contributed by atoms with Crippen molar-refractivity contribution >= 4 is 51.5 Å². The Balaban J connectivity index is 0.00000176. The number of halogens is 3. The van der Waals surface area contributed by atoms with Crippen LogP contribution in [0.15, 0.2) is 22.7 Å². The van der Waals surface area contributed by atoms with Crippen molar-refractivity contribution in [2.24, 2.45) is 17.6 Å². The van der Waals surface area contributed by atoms with Gasteiger partial charge in [-0.1, -0.05) is 27.5 Å². The van der Waals surface area contributed by atoms with Gasteiger partial charge in [0.05, 0.1) is 17.3 Å². The summed E-state index contributed by atoms with van der Waals surface area (Å²) in [6, 6.07) is 5.75. The fourth-order valence-electron chi connectivity index (χ4n) is 3.51. The molecular weight excluding hydrogens is 389 g/mol. The summed E-state index contributed by atoms with van der Waals surface area (Å²) in [6.45, 7) is 2.33. The van der Waals surface area contributed by atoms with Gasteiger partial charge in [0.15, 0.2) is 0 Å². The number of hydrogen-bond acceptors (Lipinski definition) is 3. The molecule has 2 aliphatic rings. The van der Waals surface area contributed by atoms with E-state index >= 15 is 0 Å². The molecule has 1 saturated heterocycles. The number of fused-ring (bicyclic) bond motifs is 1. The summed E-state index contributed by atoms with van der Waals surface area (Å²) in [5.74, 6) is 1.21. The van der Waals surface area contributed by atoms with Gasteiger partial charge < -0.3 is 11.1 Å². The Hall–Kier alpha value is -0.330. The quantitative estimate of drug-likeness (QED) is 0.807. The summed E-state index contributed by atoms with van der Waals surface area (Å²) in [5, 5.41) is 3.42. The lowest BCUT2D eigenvalue weighted by molar-refractivity contribution is -0.117. The highest BCUT2D eigenvalue weighted by Crippen LogP contribution is 2.37. The van der Waals surface area contributed by atoms with E-state index < -0.39 is 0 Å². The maximum Gasteiger partial charge on any atom is 0.238 e. The maximum absolute atomic E-state index is 12.2. The molecule has 1 aliphatic heterocycles. The van der Waals surface area contributed by atoms with Gasteiger partial charge in [-0.2, -0.15) is 0 Å². The molecule has 0 spiro atoms. The van der Waals surface area contributed by atoms with E-state index in [-0.39, 0.29) is 18.3 Å². The Labute approximate surface area is 150 Å². The van der Waals surface area contributed by atoms with Crippen LogP contribution in [0.4, 0.5) is 5.69 Å². The van der Waals surface area contributed by atoms with Gasteiger partial charge in [0, 0.05) is 23.6 Å². The minimum absolute atomic E-state index is 0. The van der Waals surface area contributed by atoms with Gasteiger partial charge in [-0.05, 0) is 42.9 Å². The van der Waals surface area contributed by atoms with Crippen molar-refractivity contribution in [2.75, 3.05) is 25.0 Å². The van der Waals surface area contributed by atoms with Crippen LogP contribution >= 0.6 is 39.9 Å². The third-order valence-electron chi connectivity index (χ3n) is 4.56. The average molecular weight is 409 g/mol. The standard InChI is InChI=1S/C15H19BrClN3O.ClH/c16-10-2-4-14(12(17)5-10)19-15(21)8-20-6-9-1-3-13(18)11(9)7-20;/h2,4-5,9,11,13H,1,3,6-8,18H2,(H,19,21);1H. The summed E-state index contributed by atoms with van der Waals surface area (Å²) >= 11 is 9.46. The molecule has 122 valence electrons. The first-order valence-corrected chi connectivity index (χ1v) is 8.43. The van der Waals surface area contributed by atoms with Gasteiger partial charge in [-0.25, -0.2) is 0 Å². The van der Waals surface area contributed by atoms with E-state index in [1.807, 2.05) is 6.07 Å². The lowest BCUT2D eigenvalue weighted by atomic mass is 9.98. The van der Waals surface area contributed by atoms with E-state index in [4.69, 9.17) is 17.3 Å². The summed E-state index contributed by atoms with van der Waals surface area (Å²) in [5.41, 5.74) is 6.78. The number of carbonyl (C=O) groups is 1. The molecule has 1 aliphatic carbocycles. The molecular formula is C15H20BrCl2N3O. The zero-order valence-electron chi connectivity index (χ0n) is 12.1. The smallest absolute Gasteiger partial charge is 0.238 e. The second-order valence-electron chi connectivity index (χ2n) is 6.03. The van der Waals surface area contributed by atoms with Crippen molar-refractivity contribution < 1.29 is 4.79 Å². The fraction of sp³-hybridized carbons (Fsp3) is 0.533. The van der Waals surface area contributed by atoms with Crippen LogP contribution in [0, 0.1) is 11.8 Å². The van der Waals surface area contributed by atoms with E-state index in [1.165, 1.54) is 6.42 Å². The molecule has 1 amide bonds. The second kappa shape index (κ2) is 7.49. The first-order valence-electron chi connectivity index (χ1n) is 7.26. The predicted molar refractivity (Wildman–Crippen MR) is 95.7 cm³/mol. The van der Waals surface area contributed by atoms with Crippen LogP contribution in [0.2, 0.25) is 5.02 Å². The Bertz CT molecular complexity index is 558. The summed E-state index contributed by atoms with van der Waals surface area (Å²) in [6.07, 6.45) is 2.33. The third kappa shape index (κ3) is 3.95. The summed E-state index contributed by atoms with van der Waals surface area (Å²) < 4.78 is 0.895. The topological polar surface area (TPSA) is 58.4 Å². The number of nitrogens with one attached hydrogen (secondary N) is 1. The van der Waals surface area contributed by atoms with E-state index in [2.05, 4.69) is 26.1 Å². The fourth-order valence-corrected chi connectivity index (χ4v) is 4.23. The molecule has 0 radical (unpaired) electrons. The zero-order chi connectivity index (χ0) is 15.0. The number of carbonyl (C=O) groups excluding carboxylic acids is 1. The van der Waals surface area contributed by atoms with Crippen molar-refractivity contribution in [1.29, 1.82) is 0 Å². The number of anilines is 1. The van der Waals surface area contributed by atoms with Crippen LogP contribution in [-0.2, 0) is 4.79 Å². The van der Waals surface area contributed by atoms with Gasteiger partial charge in [-0.3, -0.25) is 9.69 Å². The Morgan fingerprint density at radius 2 is 2.18 bits per heavy atom. The summed E-state index contributed by atoms with van der Waals surface area (Å²) in [7, 11) is 0. The van der Waals surface area contributed by atoms with Crippen LogP contribution in [0.3, 0.4) is 0 Å². The Morgan fingerprint density at radius 3 is 2.86 bits per heavy atom. The van der Waals surface area contributed by atoms with E-state index in [9.17, 15) is 4.79 Å². The van der Waals surface area contributed by atoms with Gasteiger partial charge in [0.1, 0.15) is 0 Å². The SMILES string of the molecule is Cl.NC1CCC2CN(CC(=O)Nc3ccc(Br)cc3Cl)CC12. The first kappa shape index (κ1) is 18.0. The molecule has 3 atom stereocenters. The number of benzene rings is 1. The van der Waals surface area contributed by atoms with Crippen LogP contribution in [0.25, 0.3) is 0 Å². The molecule has 3 unspecified atom stereocenters. The van der Waals surface area contributed by atoms with Crippen molar-refractivity contribution in [1.82, 2.24) is 4.90 Å². The van der Waals surface area contributed by atoms with Crippen molar-refractivity contribution in [2.45, 2.75) is 18.9 Å². The van der Waals surface area contributed by atoms with Gasteiger partial charge >= 0.3 is 0 Å². The monoisotopic (exact) mass is 407 g/mol.